The smallest absolute Gasteiger partial charge is 0.264 e. The molecule has 180 valence electrons. The summed E-state index contributed by atoms with van der Waals surface area (Å²) < 4.78 is 19.5. The SMILES string of the molecule is CN1CCN(c2onc(-c3ccc(F)cc3)c2CN(Cc2ccccc2)C(=O)c2cccs2)CC1. The summed E-state index contributed by atoms with van der Waals surface area (Å²) in [5.74, 6) is 0.325. The third kappa shape index (κ3) is 5.28. The van der Waals surface area contributed by atoms with Gasteiger partial charge in [0.2, 0.25) is 5.88 Å². The molecule has 4 aromatic rings. The van der Waals surface area contributed by atoms with Crippen LogP contribution in [-0.4, -0.2) is 54.1 Å². The van der Waals surface area contributed by atoms with Crippen molar-refractivity contribution in [3.63, 3.8) is 0 Å². The predicted molar refractivity (Wildman–Crippen MR) is 136 cm³/mol. The van der Waals surface area contributed by atoms with E-state index in [0.717, 1.165) is 42.9 Å². The summed E-state index contributed by atoms with van der Waals surface area (Å²) in [6.45, 7) is 4.21. The van der Waals surface area contributed by atoms with Crippen LogP contribution in [0.2, 0.25) is 0 Å². The van der Waals surface area contributed by atoms with Crippen LogP contribution in [0.4, 0.5) is 10.3 Å². The number of anilines is 1. The molecule has 1 aliphatic heterocycles. The number of piperazine rings is 1. The van der Waals surface area contributed by atoms with E-state index in [0.29, 0.717) is 29.5 Å². The number of benzene rings is 2. The molecule has 0 bridgehead atoms. The van der Waals surface area contributed by atoms with Gasteiger partial charge in [-0.25, -0.2) is 4.39 Å². The van der Waals surface area contributed by atoms with Crippen molar-refractivity contribution in [3.05, 3.63) is 93.9 Å². The number of nitrogens with zero attached hydrogens (tertiary/aromatic N) is 4. The van der Waals surface area contributed by atoms with Gasteiger partial charge in [0.25, 0.3) is 5.91 Å². The highest BCUT2D eigenvalue weighted by Gasteiger charge is 2.28. The third-order valence-electron chi connectivity index (χ3n) is 6.26. The molecule has 5 rings (SSSR count). The average Bonchev–Trinajstić information content (AvgIpc) is 3.56. The lowest BCUT2D eigenvalue weighted by Gasteiger charge is -2.33. The van der Waals surface area contributed by atoms with Crippen LogP contribution >= 0.6 is 11.3 Å². The number of hydrogen-bond acceptors (Lipinski definition) is 6. The number of carbonyl (C=O) groups is 1. The van der Waals surface area contributed by atoms with E-state index in [2.05, 4.69) is 22.0 Å². The van der Waals surface area contributed by atoms with Crippen molar-refractivity contribution in [2.75, 3.05) is 38.1 Å². The van der Waals surface area contributed by atoms with Crippen LogP contribution in [-0.2, 0) is 13.1 Å². The molecule has 2 aromatic carbocycles. The fourth-order valence-electron chi connectivity index (χ4n) is 4.29. The van der Waals surface area contributed by atoms with Gasteiger partial charge < -0.3 is 19.2 Å². The van der Waals surface area contributed by atoms with E-state index in [1.807, 2.05) is 52.7 Å². The first-order chi connectivity index (χ1) is 17.1. The molecule has 0 aliphatic carbocycles. The number of likely N-dealkylation sites (N-methyl/N-ethyl adjacent to an activating group) is 1. The van der Waals surface area contributed by atoms with Gasteiger partial charge >= 0.3 is 0 Å². The van der Waals surface area contributed by atoms with Crippen LogP contribution < -0.4 is 4.90 Å². The topological polar surface area (TPSA) is 52.8 Å². The monoisotopic (exact) mass is 490 g/mol. The second-order valence-electron chi connectivity index (χ2n) is 8.74. The first kappa shape index (κ1) is 23.3. The molecule has 1 aliphatic rings. The van der Waals surface area contributed by atoms with Gasteiger partial charge in [-0.2, -0.15) is 0 Å². The van der Waals surface area contributed by atoms with Crippen LogP contribution in [0.1, 0.15) is 20.8 Å². The van der Waals surface area contributed by atoms with E-state index in [-0.39, 0.29) is 11.7 Å². The van der Waals surface area contributed by atoms with Gasteiger partial charge in [-0.15, -0.1) is 11.3 Å². The van der Waals surface area contributed by atoms with Crippen molar-refractivity contribution in [2.45, 2.75) is 13.1 Å². The summed E-state index contributed by atoms with van der Waals surface area (Å²) in [6, 6.07) is 19.9. The van der Waals surface area contributed by atoms with Gasteiger partial charge in [-0.1, -0.05) is 41.6 Å². The van der Waals surface area contributed by atoms with Gasteiger partial charge in [-0.3, -0.25) is 4.79 Å². The first-order valence-corrected chi connectivity index (χ1v) is 12.5. The van der Waals surface area contributed by atoms with Gasteiger partial charge in [0.15, 0.2) is 0 Å². The maximum absolute atomic E-state index is 13.6. The molecule has 8 heteroatoms. The zero-order valence-corrected chi connectivity index (χ0v) is 20.4. The molecule has 3 heterocycles. The van der Waals surface area contributed by atoms with Crippen molar-refractivity contribution >= 4 is 23.1 Å². The van der Waals surface area contributed by atoms with Crippen molar-refractivity contribution in [2.24, 2.45) is 0 Å². The molecule has 6 nitrogen and oxygen atoms in total. The second-order valence-corrected chi connectivity index (χ2v) is 9.68. The average molecular weight is 491 g/mol. The quantitative estimate of drug-likeness (QED) is 0.359. The van der Waals surface area contributed by atoms with Crippen molar-refractivity contribution < 1.29 is 13.7 Å². The van der Waals surface area contributed by atoms with Gasteiger partial charge in [0, 0.05) is 38.3 Å². The minimum atomic E-state index is -0.309. The van der Waals surface area contributed by atoms with E-state index >= 15 is 0 Å². The lowest BCUT2D eigenvalue weighted by Crippen LogP contribution is -2.44. The summed E-state index contributed by atoms with van der Waals surface area (Å²) in [5, 5.41) is 6.31. The lowest BCUT2D eigenvalue weighted by molar-refractivity contribution is 0.0735. The predicted octanol–water partition coefficient (Wildman–Crippen LogP) is 5.14. The molecular formula is C27H27FN4O2S. The molecule has 1 fully saturated rings. The normalized spacial score (nSPS) is 14.3. The van der Waals surface area contributed by atoms with E-state index in [4.69, 9.17) is 4.52 Å². The van der Waals surface area contributed by atoms with E-state index in [1.165, 1.54) is 23.5 Å². The molecule has 0 spiro atoms. The van der Waals surface area contributed by atoms with Crippen LogP contribution in [0, 0.1) is 5.82 Å². The molecule has 0 radical (unpaired) electrons. The maximum Gasteiger partial charge on any atom is 0.264 e. The maximum atomic E-state index is 13.6. The molecule has 0 atom stereocenters. The van der Waals surface area contributed by atoms with Crippen LogP contribution in [0.25, 0.3) is 11.3 Å². The van der Waals surface area contributed by atoms with Crippen molar-refractivity contribution in [3.8, 4) is 11.3 Å². The van der Waals surface area contributed by atoms with Crippen LogP contribution in [0.15, 0.2) is 76.6 Å². The second kappa shape index (κ2) is 10.4. The van der Waals surface area contributed by atoms with Crippen LogP contribution in [0.5, 0.6) is 0 Å². The zero-order valence-electron chi connectivity index (χ0n) is 19.6. The molecule has 0 N–H and O–H groups in total. The molecule has 2 aromatic heterocycles. The van der Waals surface area contributed by atoms with Gasteiger partial charge in [0.05, 0.1) is 17.0 Å². The number of thiophene rings is 1. The fraction of sp³-hybridized carbons (Fsp3) is 0.259. The molecule has 0 unspecified atom stereocenters. The summed E-state index contributed by atoms with van der Waals surface area (Å²) >= 11 is 1.43. The Labute approximate surface area is 208 Å². The Morgan fingerprint density at radius 1 is 1.00 bits per heavy atom. The third-order valence-corrected chi connectivity index (χ3v) is 7.12. The Hall–Kier alpha value is -3.49. The first-order valence-electron chi connectivity index (χ1n) is 11.6. The molecule has 1 saturated heterocycles. The summed E-state index contributed by atoms with van der Waals surface area (Å²) in [5.41, 5.74) is 3.27. The number of halogens is 1. The Morgan fingerprint density at radius 3 is 2.43 bits per heavy atom. The molecule has 1 amide bonds. The number of carbonyl (C=O) groups excluding carboxylic acids is 1. The molecule has 35 heavy (non-hydrogen) atoms. The van der Waals surface area contributed by atoms with Crippen LogP contribution in [0.3, 0.4) is 0 Å². The highest BCUT2D eigenvalue weighted by atomic mass is 32.1. The highest BCUT2D eigenvalue weighted by Crippen LogP contribution is 2.34. The Kier molecular flexibility index (Phi) is 6.92. The van der Waals surface area contributed by atoms with Crippen molar-refractivity contribution in [1.82, 2.24) is 15.0 Å². The summed E-state index contributed by atoms with van der Waals surface area (Å²) in [6.07, 6.45) is 0. The highest BCUT2D eigenvalue weighted by molar-refractivity contribution is 7.12. The van der Waals surface area contributed by atoms with Gasteiger partial charge in [0.1, 0.15) is 11.5 Å². The Bertz CT molecular complexity index is 1250. The Balaban J connectivity index is 1.54. The number of amides is 1. The van der Waals surface area contributed by atoms with Gasteiger partial charge in [-0.05, 0) is 48.3 Å². The molecule has 0 saturated carbocycles. The number of rotatable bonds is 7. The van der Waals surface area contributed by atoms with E-state index in [9.17, 15) is 9.18 Å². The summed E-state index contributed by atoms with van der Waals surface area (Å²) in [7, 11) is 2.10. The standard InChI is InChI=1S/C27H27FN4O2S/c1-30-13-15-31(16-14-30)27-23(25(29-34-27)21-9-11-22(28)12-10-21)19-32(18-20-6-3-2-4-7-20)26(33)24-8-5-17-35-24/h2-12,17H,13-16,18-19H2,1H3. The lowest BCUT2D eigenvalue weighted by atomic mass is 10.1. The zero-order chi connectivity index (χ0) is 24.2. The minimum Gasteiger partial charge on any atom is -0.338 e. The van der Waals surface area contributed by atoms with Crippen molar-refractivity contribution in [1.29, 1.82) is 0 Å². The Morgan fingerprint density at radius 2 is 1.74 bits per heavy atom. The number of aromatic nitrogens is 1. The largest absolute Gasteiger partial charge is 0.338 e. The van der Waals surface area contributed by atoms with E-state index in [1.54, 1.807) is 12.1 Å². The fourth-order valence-corrected chi connectivity index (χ4v) is 4.98. The minimum absolute atomic E-state index is 0.0422. The summed E-state index contributed by atoms with van der Waals surface area (Å²) in [4.78, 5) is 20.6. The molecular weight excluding hydrogens is 463 g/mol. The van der Waals surface area contributed by atoms with E-state index < -0.39 is 0 Å². The number of hydrogen-bond donors (Lipinski definition) is 0.